The molecule has 0 fully saturated rings. The number of carbonyl (C=O) groups is 1. The van der Waals surface area contributed by atoms with Crippen molar-refractivity contribution < 1.29 is 14.6 Å². The number of nitrogens with one attached hydrogen (secondary N) is 1. The maximum absolute atomic E-state index is 10.7. The summed E-state index contributed by atoms with van der Waals surface area (Å²) in [6, 6.07) is 4.89. The topological polar surface area (TPSA) is 71.5 Å². The van der Waals surface area contributed by atoms with E-state index >= 15 is 0 Å². The van der Waals surface area contributed by atoms with Crippen molar-refractivity contribution in [1.82, 2.24) is 4.98 Å². The van der Waals surface area contributed by atoms with Gasteiger partial charge in [-0.1, -0.05) is 12.1 Å². The van der Waals surface area contributed by atoms with Crippen LogP contribution in [0.4, 0.5) is 5.82 Å². The molecular formula is C12H14N2O3. The number of hydrogen-bond donors (Lipinski definition) is 2. The molecule has 0 spiro atoms. The molecule has 0 atom stereocenters. The van der Waals surface area contributed by atoms with Crippen LogP contribution in [0.2, 0.25) is 0 Å². The van der Waals surface area contributed by atoms with Gasteiger partial charge in [-0.3, -0.25) is 0 Å². The van der Waals surface area contributed by atoms with Gasteiger partial charge in [0.2, 0.25) is 0 Å². The number of aromatic nitrogens is 1. The zero-order valence-corrected chi connectivity index (χ0v) is 9.35. The van der Waals surface area contributed by atoms with E-state index in [1.807, 2.05) is 0 Å². The lowest BCUT2D eigenvalue weighted by Crippen LogP contribution is -2.15. The largest absolute Gasteiger partial charge is 0.477 e. The Morgan fingerprint density at radius 2 is 2.41 bits per heavy atom. The highest BCUT2D eigenvalue weighted by atomic mass is 16.5. The highest BCUT2D eigenvalue weighted by Crippen LogP contribution is 2.09. The molecule has 1 aliphatic heterocycles. The third-order valence-corrected chi connectivity index (χ3v) is 2.45. The molecule has 90 valence electrons. The van der Waals surface area contributed by atoms with Gasteiger partial charge in [-0.2, -0.15) is 0 Å². The molecule has 0 aliphatic carbocycles. The zero-order chi connectivity index (χ0) is 12.1. The van der Waals surface area contributed by atoms with Gasteiger partial charge in [0, 0.05) is 6.54 Å². The van der Waals surface area contributed by atoms with E-state index in [0.29, 0.717) is 19.0 Å². The summed E-state index contributed by atoms with van der Waals surface area (Å²) in [6.07, 6.45) is 3.07. The average molecular weight is 234 g/mol. The van der Waals surface area contributed by atoms with Crippen molar-refractivity contribution in [3.8, 4) is 0 Å². The minimum absolute atomic E-state index is 0.0453. The van der Waals surface area contributed by atoms with Crippen LogP contribution < -0.4 is 5.32 Å². The van der Waals surface area contributed by atoms with E-state index in [0.717, 1.165) is 13.0 Å². The summed E-state index contributed by atoms with van der Waals surface area (Å²) >= 11 is 0. The summed E-state index contributed by atoms with van der Waals surface area (Å²) in [4.78, 5) is 14.7. The highest BCUT2D eigenvalue weighted by molar-refractivity contribution is 5.85. The minimum Gasteiger partial charge on any atom is -0.477 e. The Labute approximate surface area is 99.1 Å². The predicted molar refractivity (Wildman–Crippen MR) is 63.2 cm³/mol. The van der Waals surface area contributed by atoms with Crippen LogP contribution in [-0.2, 0) is 4.74 Å². The molecule has 0 aromatic carbocycles. The van der Waals surface area contributed by atoms with E-state index in [2.05, 4.69) is 16.4 Å². The number of hydrogen-bond acceptors (Lipinski definition) is 4. The fourth-order valence-electron chi connectivity index (χ4n) is 1.59. The van der Waals surface area contributed by atoms with Crippen LogP contribution in [-0.4, -0.2) is 35.8 Å². The van der Waals surface area contributed by atoms with Gasteiger partial charge in [0.05, 0.1) is 13.2 Å². The van der Waals surface area contributed by atoms with Crippen molar-refractivity contribution in [2.24, 2.45) is 0 Å². The van der Waals surface area contributed by atoms with E-state index in [9.17, 15) is 4.79 Å². The second kappa shape index (κ2) is 5.45. The number of carboxylic acid groups (broad SMARTS) is 1. The van der Waals surface area contributed by atoms with Gasteiger partial charge in [-0.25, -0.2) is 9.78 Å². The maximum Gasteiger partial charge on any atom is 0.354 e. The van der Waals surface area contributed by atoms with Crippen molar-refractivity contribution in [1.29, 1.82) is 0 Å². The Morgan fingerprint density at radius 3 is 3.12 bits per heavy atom. The number of ether oxygens (including phenoxy) is 1. The molecule has 0 unspecified atom stereocenters. The number of pyridine rings is 1. The number of nitrogens with zero attached hydrogens (tertiary/aromatic N) is 1. The van der Waals surface area contributed by atoms with Gasteiger partial charge in [0.15, 0.2) is 5.69 Å². The van der Waals surface area contributed by atoms with Crippen LogP contribution in [0.15, 0.2) is 29.8 Å². The van der Waals surface area contributed by atoms with E-state index in [-0.39, 0.29) is 5.69 Å². The molecule has 0 saturated carbocycles. The molecule has 1 aromatic heterocycles. The summed E-state index contributed by atoms with van der Waals surface area (Å²) in [5, 5.41) is 11.9. The summed E-state index contributed by atoms with van der Waals surface area (Å²) in [7, 11) is 0. The fourth-order valence-corrected chi connectivity index (χ4v) is 1.59. The number of rotatable bonds is 4. The Balaban J connectivity index is 1.96. The summed E-state index contributed by atoms with van der Waals surface area (Å²) in [5.74, 6) is -0.453. The van der Waals surface area contributed by atoms with Crippen molar-refractivity contribution in [3.63, 3.8) is 0 Å². The quantitative estimate of drug-likeness (QED) is 0.773. The van der Waals surface area contributed by atoms with Gasteiger partial charge in [0.1, 0.15) is 5.82 Å². The van der Waals surface area contributed by atoms with Gasteiger partial charge >= 0.3 is 5.97 Å². The first-order chi connectivity index (χ1) is 8.25. The van der Waals surface area contributed by atoms with E-state index in [1.165, 1.54) is 11.6 Å². The molecule has 17 heavy (non-hydrogen) atoms. The number of carboxylic acids is 1. The fraction of sp³-hybridized carbons (Fsp3) is 0.333. The van der Waals surface area contributed by atoms with Crippen LogP contribution in [0, 0.1) is 0 Å². The lowest BCUT2D eigenvalue weighted by molar-refractivity contribution is 0.0690. The SMILES string of the molecule is O=C(O)c1cccc(NCC2=CCCOC2)n1. The monoisotopic (exact) mass is 234 g/mol. The molecule has 5 heteroatoms. The molecule has 0 saturated heterocycles. The first-order valence-electron chi connectivity index (χ1n) is 5.45. The molecule has 0 amide bonds. The number of aromatic carboxylic acids is 1. The normalized spacial score (nSPS) is 15.2. The summed E-state index contributed by atoms with van der Waals surface area (Å²) in [5.41, 5.74) is 1.21. The lowest BCUT2D eigenvalue weighted by Gasteiger charge is -2.14. The minimum atomic E-state index is -1.02. The van der Waals surface area contributed by atoms with Crippen molar-refractivity contribution in [2.45, 2.75) is 6.42 Å². The first-order valence-corrected chi connectivity index (χ1v) is 5.45. The van der Waals surface area contributed by atoms with Crippen LogP contribution in [0.1, 0.15) is 16.9 Å². The maximum atomic E-state index is 10.7. The molecule has 1 aromatic rings. The lowest BCUT2D eigenvalue weighted by atomic mass is 10.2. The molecule has 2 N–H and O–H groups in total. The van der Waals surface area contributed by atoms with E-state index in [1.54, 1.807) is 12.1 Å². The Kier molecular flexibility index (Phi) is 3.72. The second-order valence-electron chi connectivity index (χ2n) is 3.77. The predicted octanol–water partition coefficient (Wildman–Crippen LogP) is 1.54. The molecule has 5 nitrogen and oxygen atoms in total. The van der Waals surface area contributed by atoms with E-state index in [4.69, 9.17) is 9.84 Å². The van der Waals surface area contributed by atoms with Gasteiger partial charge in [-0.15, -0.1) is 0 Å². The molecule has 2 rings (SSSR count). The van der Waals surface area contributed by atoms with Crippen molar-refractivity contribution in [2.75, 3.05) is 25.1 Å². The van der Waals surface area contributed by atoms with Crippen LogP contribution >= 0.6 is 0 Å². The van der Waals surface area contributed by atoms with Gasteiger partial charge < -0.3 is 15.2 Å². The van der Waals surface area contributed by atoms with E-state index < -0.39 is 5.97 Å². The molecular weight excluding hydrogens is 220 g/mol. The Morgan fingerprint density at radius 1 is 1.53 bits per heavy atom. The first kappa shape index (κ1) is 11.6. The van der Waals surface area contributed by atoms with Crippen LogP contribution in [0.5, 0.6) is 0 Å². The smallest absolute Gasteiger partial charge is 0.354 e. The zero-order valence-electron chi connectivity index (χ0n) is 9.35. The standard InChI is InChI=1S/C12H14N2O3/c15-12(16)10-4-1-5-11(14-10)13-7-9-3-2-6-17-8-9/h1,3-5H,2,6-8H2,(H,13,14)(H,15,16). The molecule has 0 bridgehead atoms. The summed E-state index contributed by atoms with van der Waals surface area (Å²) in [6.45, 7) is 2.04. The summed E-state index contributed by atoms with van der Waals surface area (Å²) < 4.78 is 5.31. The van der Waals surface area contributed by atoms with Crippen LogP contribution in [0.25, 0.3) is 0 Å². The Bertz CT molecular complexity index is 443. The molecule has 1 aliphatic rings. The highest BCUT2D eigenvalue weighted by Gasteiger charge is 2.06. The Hall–Kier alpha value is -1.88. The van der Waals surface area contributed by atoms with Crippen LogP contribution in [0.3, 0.4) is 0 Å². The molecule has 0 radical (unpaired) electrons. The molecule has 2 heterocycles. The van der Waals surface area contributed by atoms with Crippen molar-refractivity contribution >= 4 is 11.8 Å². The third-order valence-electron chi connectivity index (χ3n) is 2.45. The van der Waals surface area contributed by atoms with Gasteiger partial charge in [-0.05, 0) is 24.1 Å². The van der Waals surface area contributed by atoms with Gasteiger partial charge in [0.25, 0.3) is 0 Å². The number of anilines is 1. The average Bonchev–Trinajstić information content (AvgIpc) is 2.38. The second-order valence-corrected chi connectivity index (χ2v) is 3.77. The third kappa shape index (κ3) is 3.29. The van der Waals surface area contributed by atoms with Crippen molar-refractivity contribution in [3.05, 3.63) is 35.5 Å².